The Morgan fingerprint density at radius 2 is 1.00 bits per heavy atom. The number of rotatable bonds is 8. The van der Waals surface area contributed by atoms with Gasteiger partial charge in [-0.3, -0.25) is 29.0 Å². The molecule has 0 aromatic carbocycles. The number of carbonyl (C=O) groups excluding carboxylic acids is 4. The van der Waals surface area contributed by atoms with Crippen LogP contribution in [0.4, 0.5) is 34.1 Å². The highest BCUT2D eigenvalue weighted by Crippen LogP contribution is 2.37. The van der Waals surface area contributed by atoms with Crippen LogP contribution in [0.15, 0.2) is 0 Å². The van der Waals surface area contributed by atoms with Gasteiger partial charge >= 0.3 is 42.8 Å². The monoisotopic (exact) mass is 540 g/mol. The molecular formula is C13H12F8N2O8S2. The molecule has 1 fully saturated rings. The molecule has 0 aromatic heterocycles. The average molecular weight is 540 g/mol. The summed E-state index contributed by atoms with van der Waals surface area (Å²) in [6, 6.07) is -4.15. The normalized spacial score (nSPS) is 19.8. The third-order valence-electron chi connectivity index (χ3n) is 4.42. The van der Waals surface area contributed by atoms with Crippen molar-refractivity contribution in [1.82, 2.24) is 9.80 Å². The minimum Gasteiger partial charge on any atom is -0.275 e. The predicted octanol–water partition coefficient (Wildman–Crippen LogP) is 0.341. The van der Waals surface area contributed by atoms with E-state index in [9.17, 15) is 70.1 Å². The highest BCUT2D eigenvalue weighted by atomic mass is 32.3. The van der Waals surface area contributed by atoms with Crippen LogP contribution in [0.2, 0.25) is 0 Å². The van der Waals surface area contributed by atoms with E-state index in [0.29, 0.717) is 0 Å². The van der Waals surface area contributed by atoms with E-state index in [1.54, 1.807) is 0 Å². The van der Waals surface area contributed by atoms with Crippen LogP contribution in [-0.2, 0) is 39.6 Å². The first-order valence-corrected chi connectivity index (χ1v) is 11.0. The number of carbonyl (C=O) groups is 4. The lowest BCUT2D eigenvalue weighted by Gasteiger charge is -2.31. The molecule has 2 atom stereocenters. The molecule has 190 valence electrons. The average Bonchev–Trinajstić information content (AvgIpc) is 3.14. The van der Waals surface area contributed by atoms with E-state index in [-0.39, 0.29) is 4.90 Å². The lowest BCUT2D eigenvalue weighted by Crippen LogP contribution is -2.58. The van der Waals surface area contributed by atoms with Crippen molar-refractivity contribution in [2.45, 2.75) is 41.9 Å². The number of hydrogen-bond donors (Lipinski definition) is 0. The van der Waals surface area contributed by atoms with Crippen LogP contribution in [0.3, 0.4) is 0 Å². The van der Waals surface area contributed by atoms with E-state index in [2.05, 4.69) is 0 Å². The van der Waals surface area contributed by atoms with Crippen LogP contribution < -0.4 is 0 Å². The molecule has 1 aliphatic rings. The first kappa shape index (κ1) is 28.7. The Kier molecular flexibility index (Phi) is 8.22. The van der Waals surface area contributed by atoms with E-state index >= 15 is 0 Å². The van der Waals surface area contributed by atoms with Gasteiger partial charge in [-0.1, -0.05) is 7.77 Å². The Labute approximate surface area is 179 Å². The molecule has 0 saturated heterocycles. The Bertz CT molecular complexity index is 977. The maximum Gasteiger partial charge on any atom is 0.451 e. The molecule has 0 heterocycles. The van der Waals surface area contributed by atoms with Gasteiger partial charge in [0.25, 0.3) is 11.8 Å². The van der Waals surface area contributed by atoms with Crippen LogP contribution in [0.5, 0.6) is 0 Å². The number of alkyl halides is 6. The van der Waals surface area contributed by atoms with Gasteiger partial charge < -0.3 is 0 Å². The minimum absolute atomic E-state index is 0.124. The SMILES string of the molecule is O=C(CF)N(C(=O)CF)C1CCC(N(C(=O)C(F)(F)S(=O)(=O)F)C(=O)C(F)(F)S(=O)(=O)F)C1. The third-order valence-corrected chi connectivity index (χ3v) is 6.00. The van der Waals surface area contributed by atoms with Crippen LogP contribution in [0.1, 0.15) is 19.3 Å². The summed E-state index contributed by atoms with van der Waals surface area (Å²) >= 11 is 0. The van der Waals surface area contributed by atoms with Gasteiger partial charge in [0.1, 0.15) is 0 Å². The van der Waals surface area contributed by atoms with Gasteiger partial charge in [0.05, 0.1) is 0 Å². The summed E-state index contributed by atoms with van der Waals surface area (Å²) in [5, 5.41) is -12.5. The van der Waals surface area contributed by atoms with Crippen LogP contribution in [0.25, 0.3) is 0 Å². The van der Waals surface area contributed by atoms with Gasteiger partial charge in [0.2, 0.25) is 0 Å². The molecule has 0 radical (unpaired) electrons. The minimum atomic E-state index is -7.24. The van der Waals surface area contributed by atoms with Crippen LogP contribution in [0, 0.1) is 0 Å². The smallest absolute Gasteiger partial charge is 0.275 e. The molecule has 0 bridgehead atoms. The zero-order valence-corrected chi connectivity index (χ0v) is 17.3. The lowest BCUT2D eigenvalue weighted by atomic mass is 10.1. The molecule has 1 saturated carbocycles. The summed E-state index contributed by atoms with van der Waals surface area (Å²) in [6.07, 6.45) is -2.86. The van der Waals surface area contributed by atoms with Crippen molar-refractivity contribution < 1.29 is 70.1 Å². The van der Waals surface area contributed by atoms with E-state index in [1.165, 1.54) is 0 Å². The summed E-state index contributed by atoms with van der Waals surface area (Å²) in [6.45, 7) is -3.82. The Morgan fingerprint density at radius 3 is 1.27 bits per heavy atom. The lowest BCUT2D eigenvalue weighted by molar-refractivity contribution is -0.166. The van der Waals surface area contributed by atoms with Gasteiger partial charge in [0.15, 0.2) is 13.3 Å². The first-order chi connectivity index (χ1) is 14.8. The summed E-state index contributed by atoms with van der Waals surface area (Å²) in [7, 11) is -14.5. The summed E-state index contributed by atoms with van der Waals surface area (Å²) in [5.41, 5.74) is 0. The Balaban J connectivity index is 3.54. The van der Waals surface area contributed by atoms with Crippen LogP contribution in [-0.4, -0.2) is 86.2 Å². The molecule has 2 unspecified atom stereocenters. The molecule has 1 aliphatic carbocycles. The standard InChI is InChI=1S/C13H12F8N2O8S2/c14-4-8(24)22(9(25)5-15)6-1-2-7(3-6)23(10(26)12(16,17)32(20,28)29)11(27)13(18,19)33(21,30)31/h6-7H,1-5H2. The van der Waals surface area contributed by atoms with Crippen molar-refractivity contribution in [2.24, 2.45) is 0 Å². The maximum atomic E-state index is 13.7. The highest BCUT2D eigenvalue weighted by Gasteiger charge is 2.64. The van der Waals surface area contributed by atoms with Gasteiger partial charge in [-0.25, -0.2) is 8.78 Å². The molecule has 1 rings (SSSR count). The molecule has 4 amide bonds. The Morgan fingerprint density at radius 1 is 0.697 bits per heavy atom. The molecule has 0 aromatic rings. The van der Waals surface area contributed by atoms with Crippen molar-refractivity contribution in [3.63, 3.8) is 0 Å². The van der Waals surface area contributed by atoms with E-state index in [4.69, 9.17) is 0 Å². The van der Waals surface area contributed by atoms with Crippen molar-refractivity contribution >= 4 is 44.1 Å². The predicted molar refractivity (Wildman–Crippen MR) is 87.0 cm³/mol. The second kappa shape index (κ2) is 9.47. The van der Waals surface area contributed by atoms with Crippen molar-refractivity contribution in [1.29, 1.82) is 0 Å². The molecule has 0 aliphatic heterocycles. The van der Waals surface area contributed by atoms with Crippen molar-refractivity contribution in [2.75, 3.05) is 13.3 Å². The van der Waals surface area contributed by atoms with Crippen LogP contribution >= 0.6 is 0 Å². The summed E-state index contributed by atoms with van der Waals surface area (Å²) in [4.78, 5) is 45.3. The van der Waals surface area contributed by atoms with E-state index < -0.39 is 104 Å². The first-order valence-electron chi connectivity index (χ1n) is 8.24. The maximum absolute atomic E-state index is 13.7. The van der Waals surface area contributed by atoms with Gasteiger partial charge in [-0.05, 0) is 19.3 Å². The van der Waals surface area contributed by atoms with Crippen molar-refractivity contribution in [3.05, 3.63) is 0 Å². The quantitative estimate of drug-likeness (QED) is 0.317. The molecule has 20 heteroatoms. The molecule has 0 spiro atoms. The molecule has 0 N–H and O–H groups in total. The molecular weight excluding hydrogens is 528 g/mol. The number of hydrogen-bond acceptors (Lipinski definition) is 8. The number of nitrogens with zero attached hydrogens (tertiary/aromatic N) is 2. The number of halogens is 8. The second-order valence-corrected chi connectivity index (χ2v) is 9.21. The van der Waals surface area contributed by atoms with Gasteiger partial charge in [-0.15, -0.1) is 0 Å². The fourth-order valence-corrected chi connectivity index (χ4v) is 3.61. The topological polar surface area (TPSA) is 143 Å². The number of imide groups is 2. The third kappa shape index (κ3) is 5.41. The van der Waals surface area contributed by atoms with Gasteiger partial charge in [-0.2, -0.15) is 34.4 Å². The number of amides is 4. The Hall–Kier alpha value is -2.38. The molecule has 10 nitrogen and oxygen atoms in total. The zero-order chi connectivity index (χ0) is 26.2. The highest BCUT2D eigenvalue weighted by molar-refractivity contribution is 7.88. The fourth-order valence-electron chi connectivity index (χ4n) is 2.99. The summed E-state index contributed by atoms with van der Waals surface area (Å²) in [5.74, 6) is -10.5. The van der Waals surface area contributed by atoms with E-state index in [0.717, 1.165) is 0 Å². The van der Waals surface area contributed by atoms with Crippen molar-refractivity contribution in [3.8, 4) is 0 Å². The van der Waals surface area contributed by atoms with E-state index in [1.807, 2.05) is 0 Å². The summed E-state index contributed by atoms with van der Waals surface area (Å²) < 4.78 is 148. The molecule has 33 heavy (non-hydrogen) atoms. The fraction of sp³-hybridized carbons (Fsp3) is 0.692. The van der Waals surface area contributed by atoms with Gasteiger partial charge in [0, 0.05) is 12.1 Å². The largest absolute Gasteiger partial charge is 0.451 e. The second-order valence-electron chi connectivity index (χ2n) is 6.43. The zero-order valence-electron chi connectivity index (χ0n) is 15.7.